The van der Waals surface area contributed by atoms with Gasteiger partial charge in [-0.1, -0.05) is 50.3 Å². The SMILES string of the molecule is CCOC(=O)/C=C/C[C@H](NC(=O)[C@@H](NC(=O)OCc1ccccc1)C(C)C)C(=O)O. The van der Waals surface area contributed by atoms with Crippen LogP contribution in [-0.2, 0) is 30.5 Å². The summed E-state index contributed by atoms with van der Waals surface area (Å²) in [5.74, 6) is -2.86. The predicted octanol–water partition coefficient (Wildman–Crippen LogP) is 2.02. The van der Waals surface area contributed by atoms with Crippen molar-refractivity contribution < 1.29 is 33.8 Å². The molecule has 0 aromatic heterocycles. The summed E-state index contributed by atoms with van der Waals surface area (Å²) in [6.07, 6.45) is 1.50. The Labute approximate surface area is 175 Å². The molecule has 0 spiro atoms. The van der Waals surface area contributed by atoms with E-state index in [-0.39, 0.29) is 25.6 Å². The molecule has 3 N–H and O–H groups in total. The van der Waals surface area contributed by atoms with Crippen LogP contribution in [0, 0.1) is 5.92 Å². The number of benzene rings is 1. The third-order valence-electron chi connectivity index (χ3n) is 3.96. The Balaban J connectivity index is 2.65. The molecule has 164 valence electrons. The van der Waals surface area contributed by atoms with Crippen LogP contribution in [0.15, 0.2) is 42.5 Å². The molecule has 1 rings (SSSR count). The summed E-state index contributed by atoms with van der Waals surface area (Å²) < 4.78 is 9.83. The first kappa shape index (κ1) is 24.7. The average molecular weight is 420 g/mol. The Bertz CT molecular complexity index is 747. The number of carboxylic acid groups (broad SMARTS) is 1. The lowest BCUT2D eigenvalue weighted by Crippen LogP contribution is -2.53. The van der Waals surface area contributed by atoms with E-state index < -0.39 is 36.0 Å². The summed E-state index contributed by atoms with van der Waals surface area (Å²) in [5, 5.41) is 14.2. The Morgan fingerprint density at radius 3 is 2.30 bits per heavy atom. The van der Waals surface area contributed by atoms with Crippen LogP contribution >= 0.6 is 0 Å². The minimum atomic E-state index is -1.27. The van der Waals surface area contributed by atoms with Crippen molar-refractivity contribution >= 4 is 23.9 Å². The molecule has 0 saturated carbocycles. The zero-order valence-electron chi connectivity index (χ0n) is 17.3. The van der Waals surface area contributed by atoms with Crippen LogP contribution < -0.4 is 10.6 Å². The first-order valence-electron chi connectivity index (χ1n) is 9.58. The van der Waals surface area contributed by atoms with E-state index in [1.807, 2.05) is 18.2 Å². The molecule has 9 heteroatoms. The van der Waals surface area contributed by atoms with Crippen molar-refractivity contribution in [1.82, 2.24) is 10.6 Å². The molecule has 9 nitrogen and oxygen atoms in total. The molecule has 30 heavy (non-hydrogen) atoms. The van der Waals surface area contributed by atoms with E-state index in [9.17, 15) is 24.3 Å². The molecule has 2 atom stereocenters. The molecular weight excluding hydrogens is 392 g/mol. The summed E-state index contributed by atoms with van der Waals surface area (Å²) >= 11 is 0. The normalized spacial score (nSPS) is 12.8. The molecular formula is C21H28N2O7. The third kappa shape index (κ3) is 9.22. The fraction of sp³-hybridized carbons (Fsp3) is 0.429. The van der Waals surface area contributed by atoms with Gasteiger partial charge >= 0.3 is 18.0 Å². The highest BCUT2D eigenvalue weighted by molar-refractivity contribution is 5.89. The molecule has 0 aliphatic rings. The molecule has 0 bridgehead atoms. The second-order valence-corrected chi connectivity index (χ2v) is 6.72. The number of amides is 2. The van der Waals surface area contributed by atoms with Crippen LogP contribution in [0.2, 0.25) is 0 Å². The molecule has 0 radical (unpaired) electrons. The first-order valence-corrected chi connectivity index (χ1v) is 9.58. The second kappa shape index (κ2) is 13.0. The predicted molar refractivity (Wildman–Crippen MR) is 108 cm³/mol. The van der Waals surface area contributed by atoms with E-state index in [0.717, 1.165) is 11.6 Å². The van der Waals surface area contributed by atoms with Crippen molar-refractivity contribution in [3.05, 3.63) is 48.0 Å². The maximum absolute atomic E-state index is 12.5. The largest absolute Gasteiger partial charge is 0.480 e. The summed E-state index contributed by atoms with van der Waals surface area (Å²) in [4.78, 5) is 47.3. The van der Waals surface area contributed by atoms with Crippen molar-refractivity contribution in [2.24, 2.45) is 5.92 Å². The van der Waals surface area contributed by atoms with Gasteiger partial charge in [0.2, 0.25) is 5.91 Å². The molecule has 0 aliphatic heterocycles. The Morgan fingerprint density at radius 1 is 1.07 bits per heavy atom. The summed E-state index contributed by atoms with van der Waals surface area (Å²) in [6.45, 7) is 5.30. The topological polar surface area (TPSA) is 131 Å². The average Bonchev–Trinajstić information content (AvgIpc) is 2.70. The van der Waals surface area contributed by atoms with E-state index in [1.165, 1.54) is 6.08 Å². The molecule has 2 amide bonds. The van der Waals surface area contributed by atoms with E-state index >= 15 is 0 Å². The van der Waals surface area contributed by atoms with Gasteiger partial charge in [-0.15, -0.1) is 0 Å². The van der Waals surface area contributed by atoms with Gasteiger partial charge in [-0.25, -0.2) is 14.4 Å². The molecule has 0 unspecified atom stereocenters. The maximum atomic E-state index is 12.5. The van der Waals surface area contributed by atoms with Gasteiger partial charge in [0, 0.05) is 6.08 Å². The van der Waals surface area contributed by atoms with Crippen molar-refractivity contribution in [2.75, 3.05) is 6.61 Å². The van der Waals surface area contributed by atoms with Crippen molar-refractivity contribution in [1.29, 1.82) is 0 Å². The van der Waals surface area contributed by atoms with Gasteiger partial charge in [-0.3, -0.25) is 4.79 Å². The van der Waals surface area contributed by atoms with Crippen molar-refractivity contribution in [3.63, 3.8) is 0 Å². The van der Waals surface area contributed by atoms with E-state index in [2.05, 4.69) is 10.6 Å². The van der Waals surface area contributed by atoms with Gasteiger partial charge < -0.3 is 25.2 Å². The second-order valence-electron chi connectivity index (χ2n) is 6.72. The van der Waals surface area contributed by atoms with Crippen LogP contribution in [0.4, 0.5) is 4.79 Å². The van der Waals surface area contributed by atoms with Gasteiger partial charge in [0.25, 0.3) is 0 Å². The fourth-order valence-electron chi connectivity index (χ4n) is 2.40. The number of carboxylic acids is 1. The highest BCUT2D eigenvalue weighted by Crippen LogP contribution is 2.06. The molecule has 0 saturated heterocycles. The monoisotopic (exact) mass is 420 g/mol. The minimum absolute atomic E-state index is 0.0372. The van der Waals surface area contributed by atoms with Gasteiger partial charge in [0.1, 0.15) is 18.7 Å². The lowest BCUT2D eigenvalue weighted by atomic mass is 10.0. The minimum Gasteiger partial charge on any atom is -0.480 e. The molecule has 1 aromatic carbocycles. The highest BCUT2D eigenvalue weighted by Gasteiger charge is 2.28. The Kier molecular flexibility index (Phi) is 10.7. The number of carbonyl (C=O) groups excluding carboxylic acids is 3. The van der Waals surface area contributed by atoms with Crippen LogP contribution in [-0.4, -0.2) is 47.7 Å². The van der Waals surface area contributed by atoms with Crippen LogP contribution in [0.25, 0.3) is 0 Å². The quantitative estimate of drug-likeness (QED) is 0.369. The number of rotatable bonds is 11. The van der Waals surface area contributed by atoms with Crippen molar-refractivity contribution in [2.45, 2.75) is 45.9 Å². The first-order chi connectivity index (χ1) is 14.2. The highest BCUT2D eigenvalue weighted by atomic mass is 16.5. The molecule has 0 fully saturated rings. The van der Waals surface area contributed by atoms with E-state index in [1.54, 1.807) is 32.9 Å². The van der Waals surface area contributed by atoms with Crippen LogP contribution in [0.3, 0.4) is 0 Å². The number of carbonyl (C=O) groups is 4. The third-order valence-corrected chi connectivity index (χ3v) is 3.96. The lowest BCUT2D eigenvalue weighted by Gasteiger charge is -2.23. The number of ether oxygens (including phenoxy) is 2. The molecule has 1 aromatic rings. The zero-order chi connectivity index (χ0) is 22.5. The number of hydrogen-bond donors (Lipinski definition) is 3. The molecule has 0 heterocycles. The zero-order valence-corrected chi connectivity index (χ0v) is 17.3. The summed E-state index contributed by atoms with van der Waals surface area (Å²) in [6, 6.07) is 6.77. The molecule has 0 aliphatic carbocycles. The van der Waals surface area contributed by atoms with Gasteiger partial charge in [0.05, 0.1) is 6.61 Å². The number of alkyl carbamates (subject to hydrolysis) is 1. The van der Waals surface area contributed by atoms with E-state index in [4.69, 9.17) is 9.47 Å². The van der Waals surface area contributed by atoms with E-state index in [0.29, 0.717) is 0 Å². The van der Waals surface area contributed by atoms with Crippen LogP contribution in [0.1, 0.15) is 32.8 Å². The number of nitrogens with one attached hydrogen (secondary N) is 2. The van der Waals surface area contributed by atoms with Crippen LogP contribution in [0.5, 0.6) is 0 Å². The fourth-order valence-corrected chi connectivity index (χ4v) is 2.40. The van der Waals surface area contributed by atoms with Crippen molar-refractivity contribution in [3.8, 4) is 0 Å². The lowest BCUT2D eigenvalue weighted by molar-refractivity contribution is -0.142. The number of hydrogen-bond acceptors (Lipinski definition) is 6. The van der Waals surface area contributed by atoms with Gasteiger partial charge in [-0.05, 0) is 24.8 Å². The summed E-state index contributed by atoms with van der Waals surface area (Å²) in [7, 11) is 0. The Hall–Kier alpha value is -3.36. The number of esters is 1. The Morgan fingerprint density at radius 2 is 1.73 bits per heavy atom. The standard InChI is InChI=1S/C21H28N2O7/c1-4-29-17(24)12-8-11-16(20(26)27)22-19(25)18(14(2)3)23-21(28)30-13-15-9-6-5-7-10-15/h5-10,12,14,16,18H,4,11,13H2,1-3H3,(H,22,25)(H,23,28)(H,26,27)/b12-8+/t16-,18-/m0/s1. The van der Waals surface area contributed by atoms with Gasteiger partial charge in [-0.2, -0.15) is 0 Å². The number of aliphatic carboxylic acids is 1. The maximum Gasteiger partial charge on any atom is 0.408 e. The van der Waals surface area contributed by atoms with Gasteiger partial charge in [0.15, 0.2) is 0 Å². The smallest absolute Gasteiger partial charge is 0.408 e. The summed E-state index contributed by atoms with van der Waals surface area (Å²) in [5.41, 5.74) is 0.789.